The third-order valence-electron chi connectivity index (χ3n) is 1.92. The van der Waals surface area contributed by atoms with Crippen LogP contribution in [0.2, 0.25) is 0 Å². The summed E-state index contributed by atoms with van der Waals surface area (Å²) >= 11 is 3.48. The van der Waals surface area contributed by atoms with Crippen LogP contribution in [0.15, 0.2) is 22.8 Å². The second-order valence-corrected chi connectivity index (χ2v) is 3.56. The highest BCUT2D eigenvalue weighted by Gasteiger charge is 2.02. The van der Waals surface area contributed by atoms with Crippen LogP contribution >= 0.6 is 15.9 Å². The summed E-state index contributed by atoms with van der Waals surface area (Å²) in [5.74, 6) is 0. The first-order valence-electron chi connectivity index (χ1n) is 3.93. The lowest BCUT2D eigenvalue weighted by Gasteiger charge is -1.89. The summed E-state index contributed by atoms with van der Waals surface area (Å²) in [4.78, 5) is 7.47. The maximum absolute atomic E-state index is 4.23. The smallest absolute Gasteiger partial charge is 0.138 e. The number of pyridine rings is 1. The number of aryl methyl sites for hydroxylation is 1. The number of nitrogens with one attached hydrogen (secondary N) is 1. The lowest BCUT2D eigenvalue weighted by molar-refractivity contribution is 1.07. The molecule has 3 heteroatoms. The minimum absolute atomic E-state index is 0.959. The molecule has 2 heterocycles. The van der Waals surface area contributed by atoms with Gasteiger partial charge < -0.3 is 4.98 Å². The molecule has 0 unspecified atom stereocenters. The zero-order valence-corrected chi connectivity index (χ0v) is 8.35. The molecule has 2 aromatic heterocycles. The number of hydrogen-bond acceptors (Lipinski definition) is 1. The molecule has 0 atom stereocenters. The molecule has 0 saturated heterocycles. The molecule has 0 aliphatic heterocycles. The van der Waals surface area contributed by atoms with E-state index in [2.05, 4.69) is 38.9 Å². The van der Waals surface area contributed by atoms with Crippen LogP contribution in [0.4, 0.5) is 0 Å². The van der Waals surface area contributed by atoms with Crippen molar-refractivity contribution < 1.29 is 0 Å². The van der Waals surface area contributed by atoms with Gasteiger partial charge in [0.1, 0.15) is 5.65 Å². The van der Waals surface area contributed by atoms with Crippen LogP contribution in [0, 0.1) is 0 Å². The highest BCUT2D eigenvalue weighted by atomic mass is 79.9. The van der Waals surface area contributed by atoms with E-state index in [-0.39, 0.29) is 0 Å². The van der Waals surface area contributed by atoms with Gasteiger partial charge in [0.05, 0.1) is 0 Å². The molecule has 0 aliphatic carbocycles. The molecule has 0 fully saturated rings. The summed E-state index contributed by atoms with van der Waals surface area (Å²) in [5.41, 5.74) is 2.19. The summed E-state index contributed by atoms with van der Waals surface area (Å²) in [6.45, 7) is 2.12. The lowest BCUT2D eigenvalue weighted by Crippen LogP contribution is -1.77. The first-order chi connectivity index (χ1) is 5.81. The van der Waals surface area contributed by atoms with E-state index in [1.165, 1.54) is 5.69 Å². The largest absolute Gasteiger partial charge is 0.343 e. The van der Waals surface area contributed by atoms with Gasteiger partial charge in [0.2, 0.25) is 0 Å². The third-order valence-corrected chi connectivity index (χ3v) is 2.61. The summed E-state index contributed by atoms with van der Waals surface area (Å²) in [6, 6.07) is 4.09. The van der Waals surface area contributed by atoms with E-state index in [1.54, 1.807) is 6.20 Å². The topological polar surface area (TPSA) is 28.7 Å². The number of hydrogen-bond donors (Lipinski definition) is 1. The maximum Gasteiger partial charge on any atom is 0.138 e. The Morgan fingerprint density at radius 2 is 2.42 bits per heavy atom. The average molecular weight is 225 g/mol. The van der Waals surface area contributed by atoms with Crippen molar-refractivity contribution in [2.45, 2.75) is 13.3 Å². The van der Waals surface area contributed by atoms with E-state index in [0.29, 0.717) is 0 Å². The van der Waals surface area contributed by atoms with Gasteiger partial charge in [-0.3, -0.25) is 0 Å². The number of halogens is 1. The molecule has 0 saturated carbocycles. The quantitative estimate of drug-likeness (QED) is 0.794. The fourth-order valence-corrected chi connectivity index (χ4v) is 1.66. The van der Waals surface area contributed by atoms with Crippen molar-refractivity contribution in [2.24, 2.45) is 0 Å². The predicted octanol–water partition coefficient (Wildman–Crippen LogP) is 2.89. The fraction of sp³-hybridized carbons (Fsp3) is 0.222. The zero-order chi connectivity index (χ0) is 8.55. The SMILES string of the molecule is CCc1cc2c(Br)ccnc2[nH]1. The van der Waals surface area contributed by atoms with Gasteiger partial charge in [0, 0.05) is 21.7 Å². The van der Waals surface area contributed by atoms with E-state index in [1.807, 2.05) is 6.07 Å². The lowest BCUT2D eigenvalue weighted by atomic mass is 10.3. The monoisotopic (exact) mass is 224 g/mol. The van der Waals surface area contributed by atoms with E-state index in [4.69, 9.17) is 0 Å². The molecule has 2 nitrogen and oxygen atoms in total. The Kier molecular flexibility index (Phi) is 1.89. The van der Waals surface area contributed by atoms with Gasteiger partial charge in [-0.05, 0) is 34.5 Å². The van der Waals surface area contributed by atoms with E-state index >= 15 is 0 Å². The van der Waals surface area contributed by atoms with Crippen molar-refractivity contribution in [3.63, 3.8) is 0 Å². The van der Waals surface area contributed by atoms with Gasteiger partial charge in [-0.1, -0.05) is 6.92 Å². The number of H-pyrrole nitrogens is 1. The predicted molar refractivity (Wildman–Crippen MR) is 53.2 cm³/mol. The van der Waals surface area contributed by atoms with Gasteiger partial charge in [0.15, 0.2) is 0 Å². The Bertz CT molecular complexity index is 406. The number of fused-ring (bicyclic) bond motifs is 1. The van der Waals surface area contributed by atoms with Crippen LogP contribution in [0.3, 0.4) is 0 Å². The summed E-state index contributed by atoms with van der Waals surface area (Å²) < 4.78 is 1.10. The highest BCUT2D eigenvalue weighted by Crippen LogP contribution is 2.22. The number of aromatic amines is 1. The van der Waals surface area contributed by atoms with Crippen LogP contribution in [0.1, 0.15) is 12.6 Å². The van der Waals surface area contributed by atoms with Crippen molar-refractivity contribution in [3.05, 3.63) is 28.5 Å². The molecule has 62 valence electrons. The van der Waals surface area contributed by atoms with Crippen LogP contribution in [-0.2, 0) is 6.42 Å². The van der Waals surface area contributed by atoms with Crippen molar-refractivity contribution in [3.8, 4) is 0 Å². The molecule has 0 radical (unpaired) electrons. The van der Waals surface area contributed by atoms with E-state index < -0.39 is 0 Å². The van der Waals surface area contributed by atoms with Gasteiger partial charge in [-0.2, -0.15) is 0 Å². The van der Waals surface area contributed by atoms with Crippen molar-refractivity contribution in [1.82, 2.24) is 9.97 Å². The van der Waals surface area contributed by atoms with Crippen molar-refractivity contribution in [1.29, 1.82) is 0 Å². The fourth-order valence-electron chi connectivity index (χ4n) is 1.24. The van der Waals surface area contributed by atoms with Gasteiger partial charge in [0.25, 0.3) is 0 Å². The highest BCUT2D eigenvalue weighted by molar-refractivity contribution is 9.10. The first-order valence-corrected chi connectivity index (χ1v) is 4.72. The van der Waals surface area contributed by atoms with Crippen LogP contribution < -0.4 is 0 Å². The molecule has 1 N–H and O–H groups in total. The molecule has 0 amide bonds. The van der Waals surface area contributed by atoms with Crippen LogP contribution in [0.25, 0.3) is 11.0 Å². The van der Waals surface area contributed by atoms with Crippen molar-refractivity contribution in [2.75, 3.05) is 0 Å². The molecule has 0 bridgehead atoms. The second-order valence-electron chi connectivity index (χ2n) is 2.70. The number of rotatable bonds is 1. The summed E-state index contributed by atoms with van der Waals surface area (Å²) in [6.07, 6.45) is 2.81. The molecule has 12 heavy (non-hydrogen) atoms. The van der Waals surface area contributed by atoms with E-state index in [9.17, 15) is 0 Å². The number of nitrogens with zero attached hydrogens (tertiary/aromatic N) is 1. The van der Waals surface area contributed by atoms with Crippen molar-refractivity contribution >= 4 is 27.0 Å². The van der Waals surface area contributed by atoms with E-state index in [0.717, 1.165) is 21.9 Å². The number of aromatic nitrogens is 2. The average Bonchev–Trinajstić information content (AvgIpc) is 2.49. The minimum Gasteiger partial charge on any atom is -0.343 e. The Morgan fingerprint density at radius 1 is 1.58 bits per heavy atom. The second kappa shape index (κ2) is 2.90. The normalized spacial score (nSPS) is 10.8. The minimum atomic E-state index is 0.959. The molecular weight excluding hydrogens is 216 g/mol. The molecule has 0 aliphatic rings. The van der Waals surface area contributed by atoms with Gasteiger partial charge >= 0.3 is 0 Å². The van der Waals surface area contributed by atoms with Crippen LogP contribution in [-0.4, -0.2) is 9.97 Å². The molecule has 0 aromatic carbocycles. The Balaban J connectivity index is 2.74. The first kappa shape index (κ1) is 7.80. The standard InChI is InChI=1S/C9H9BrN2/c1-2-6-5-7-8(10)3-4-11-9(7)12-6/h3-5H,2H2,1H3,(H,11,12). The van der Waals surface area contributed by atoms with Gasteiger partial charge in [-0.25, -0.2) is 4.98 Å². The van der Waals surface area contributed by atoms with Crippen LogP contribution in [0.5, 0.6) is 0 Å². The molecule has 0 spiro atoms. The Morgan fingerprint density at radius 3 is 3.08 bits per heavy atom. The molecule has 2 aromatic rings. The molecule has 2 rings (SSSR count). The third kappa shape index (κ3) is 1.14. The Hall–Kier alpha value is -0.830. The summed E-state index contributed by atoms with van der Waals surface area (Å²) in [7, 11) is 0. The summed E-state index contributed by atoms with van der Waals surface area (Å²) in [5, 5.41) is 1.16. The van der Waals surface area contributed by atoms with Gasteiger partial charge in [-0.15, -0.1) is 0 Å². The molecular formula is C9H9BrN2. The zero-order valence-electron chi connectivity index (χ0n) is 6.76. The Labute approximate surface area is 79.1 Å². The maximum atomic E-state index is 4.23.